The number of aromatic nitrogens is 2. The highest BCUT2D eigenvalue weighted by Crippen LogP contribution is 2.35. The van der Waals surface area contributed by atoms with E-state index in [1.165, 1.54) is 6.42 Å². The molecule has 114 valence electrons. The third kappa shape index (κ3) is 3.18. The van der Waals surface area contributed by atoms with Crippen molar-refractivity contribution in [2.45, 2.75) is 45.2 Å². The second-order valence-electron chi connectivity index (χ2n) is 5.75. The molecule has 0 radical (unpaired) electrons. The Labute approximate surface area is 130 Å². The van der Waals surface area contributed by atoms with Gasteiger partial charge in [0, 0.05) is 12.5 Å². The molecule has 0 atom stereocenters. The average Bonchev–Trinajstić information content (AvgIpc) is 2.93. The van der Waals surface area contributed by atoms with E-state index in [-0.39, 0.29) is 0 Å². The van der Waals surface area contributed by atoms with E-state index in [4.69, 9.17) is 4.52 Å². The molecule has 0 aliphatic heterocycles. The van der Waals surface area contributed by atoms with Crippen LogP contribution < -0.4 is 0 Å². The average molecular weight is 296 g/mol. The number of hydrogen-bond donors (Lipinski definition) is 0. The third-order valence-corrected chi connectivity index (χ3v) is 4.28. The van der Waals surface area contributed by atoms with Gasteiger partial charge in [0.1, 0.15) is 0 Å². The van der Waals surface area contributed by atoms with Crippen molar-refractivity contribution in [1.29, 1.82) is 5.26 Å². The van der Waals surface area contributed by atoms with Gasteiger partial charge in [-0.3, -0.25) is 4.90 Å². The lowest BCUT2D eigenvalue weighted by Gasteiger charge is -2.20. The van der Waals surface area contributed by atoms with Crippen LogP contribution in [0.4, 0.5) is 0 Å². The molecule has 1 heterocycles. The van der Waals surface area contributed by atoms with Crippen molar-refractivity contribution in [1.82, 2.24) is 15.0 Å². The summed E-state index contributed by atoms with van der Waals surface area (Å²) in [6, 6.07) is 9.95. The van der Waals surface area contributed by atoms with Crippen LogP contribution in [0.3, 0.4) is 0 Å². The molecule has 0 amide bonds. The van der Waals surface area contributed by atoms with Crippen LogP contribution in [0.1, 0.15) is 54.9 Å². The Morgan fingerprint density at radius 2 is 2.14 bits per heavy atom. The molecule has 1 aliphatic rings. The van der Waals surface area contributed by atoms with E-state index in [0.29, 0.717) is 19.0 Å². The van der Waals surface area contributed by atoms with Gasteiger partial charge in [-0.25, -0.2) is 0 Å². The largest absolute Gasteiger partial charge is 0.339 e. The zero-order chi connectivity index (χ0) is 15.4. The van der Waals surface area contributed by atoms with E-state index in [2.05, 4.69) is 28.0 Å². The van der Waals surface area contributed by atoms with Crippen LogP contribution >= 0.6 is 0 Å². The molecule has 5 heteroatoms. The van der Waals surface area contributed by atoms with E-state index in [1.54, 1.807) is 0 Å². The van der Waals surface area contributed by atoms with Gasteiger partial charge in [-0.1, -0.05) is 36.7 Å². The topological polar surface area (TPSA) is 66.0 Å². The van der Waals surface area contributed by atoms with Gasteiger partial charge < -0.3 is 4.52 Å². The fraction of sp³-hybridized carbons (Fsp3) is 0.471. The molecule has 1 saturated carbocycles. The molecule has 1 fully saturated rings. The Morgan fingerprint density at radius 3 is 2.82 bits per heavy atom. The van der Waals surface area contributed by atoms with Crippen molar-refractivity contribution in [3.05, 3.63) is 47.1 Å². The molecule has 2 aromatic rings. The first-order valence-corrected chi connectivity index (χ1v) is 7.83. The van der Waals surface area contributed by atoms with Gasteiger partial charge in [0.25, 0.3) is 0 Å². The summed E-state index contributed by atoms with van der Waals surface area (Å²) in [7, 11) is 0. The predicted molar refractivity (Wildman–Crippen MR) is 81.8 cm³/mol. The lowest BCUT2D eigenvalue weighted by molar-refractivity contribution is 0.255. The second-order valence-corrected chi connectivity index (χ2v) is 5.75. The van der Waals surface area contributed by atoms with Gasteiger partial charge in [0.15, 0.2) is 5.82 Å². The van der Waals surface area contributed by atoms with Gasteiger partial charge in [-0.05, 0) is 31.0 Å². The molecule has 1 aliphatic carbocycles. The Kier molecular flexibility index (Phi) is 4.50. The Morgan fingerprint density at radius 1 is 1.32 bits per heavy atom. The summed E-state index contributed by atoms with van der Waals surface area (Å²) in [6.07, 6.45) is 3.58. The van der Waals surface area contributed by atoms with Crippen molar-refractivity contribution >= 4 is 0 Å². The van der Waals surface area contributed by atoms with Gasteiger partial charge in [0.2, 0.25) is 5.89 Å². The molecule has 1 aromatic heterocycles. The Balaban J connectivity index is 1.66. The van der Waals surface area contributed by atoms with Crippen LogP contribution in [-0.2, 0) is 13.1 Å². The van der Waals surface area contributed by atoms with Gasteiger partial charge in [-0.2, -0.15) is 10.2 Å². The molecule has 0 N–H and O–H groups in total. The minimum Gasteiger partial charge on any atom is -0.339 e. The maximum atomic E-state index is 9.18. The molecule has 22 heavy (non-hydrogen) atoms. The summed E-state index contributed by atoms with van der Waals surface area (Å²) < 4.78 is 5.37. The van der Waals surface area contributed by atoms with E-state index in [0.717, 1.165) is 42.2 Å². The predicted octanol–water partition coefficient (Wildman–Crippen LogP) is 3.23. The number of benzene rings is 1. The molecule has 0 spiro atoms. The maximum absolute atomic E-state index is 9.18. The molecule has 0 unspecified atom stereocenters. The molecular formula is C17H20N4O. The zero-order valence-corrected chi connectivity index (χ0v) is 12.8. The third-order valence-electron chi connectivity index (χ3n) is 4.28. The summed E-state index contributed by atoms with van der Waals surface area (Å²) in [6.45, 7) is 4.33. The van der Waals surface area contributed by atoms with Crippen molar-refractivity contribution in [2.75, 3.05) is 6.54 Å². The summed E-state index contributed by atoms with van der Waals surface area (Å²) in [5.74, 6) is 1.99. The van der Waals surface area contributed by atoms with Crippen LogP contribution in [0.25, 0.3) is 0 Å². The van der Waals surface area contributed by atoms with Crippen LogP contribution in [-0.4, -0.2) is 21.6 Å². The monoisotopic (exact) mass is 296 g/mol. The van der Waals surface area contributed by atoms with Gasteiger partial charge in [0.05, 0.1) is 18.2 Å². The van der Waals surface area contributed by atoms with Crippen LogP contribution in [0, 0.1) is 11.3 Å². The first kappa shape index (κ1) is 14.7. The molecule has 5 nitrogen and oxygen atoms in total. The minimum atomic E-state index is 0.468. The second kappa shape index (κ2) is 6.71. The molecule has 0 bridgehead atoms. The summed E-state index contributed by atoms with van der Waals surface area (Å²) >= 11 is 0. The lowest BCUT2D eigenvalue weighted by atomic mass is 9.85. The number of nitriles is 1. The van der Waals surface area contributed by atoms with Crippen molar-refractivity contribution in [3.63, 3.8) is 0 Å². The van der Waals surface area contributed by atoms with Crippen molar-refractivity contribution < 1.29 is 4.52 Å². The summed E-state index contributed by atoms with van der Waals surface area (Å²) in [4.78, 5) is 6.73. The highest BCUT2D eigenvalue weighted by Gasteiger charge is 2.25. The first-order valence-electron chi connectivity index (χ1n) is 7.83. The number of nitrogens with zero attached hydrogens (tertiary/aromatic N) is 4. The number of rotatable bonds is 6. The van der Waals surface area contributed by atoms with Crippen LogP contribution in [0.15, 0.2) is 28.8 Å². The fourth-order valence-electron chi connectivity index (χ4n) is 2.64. The Hall–Kier alpha value is -2.19. The first-order chi connectivity index (χ1) is 10.8. The fourth-order valence-corrected chi connectivity index (χ4v) is 2.64. The van der Waals surface area contributed by atoms with E-state index in [1.807, 2.05) is 24.3 Å². The highest BCUT2D eigenvalue weighted by atomic mass is 16.5. The number of hydrogen-bond acceptors (Lipinski definition) is 5. The zero-order valence-electron chi connectivity index (χ0n) is 12.8. The van der Waals surface area contributed by atoms with Gasteiger partial charge >= 0.3 is 0 Å². The highest BCUT2D eigenvalue weighted by molar-refractivity contribution is 5.37. The molecule has 1 aromatic carbocycles. The van der Waals surface area contributed by atoms with E-state index >= 15 is 0 Å². The van der Waals surface area contributed by atoms with E-state index in [9.17, 15) is 5.26 Å². The standard InChI is InChI=1S/C17H20N4O/c1-2-21(11-15-7-4-3-6-14(15)10-18)12-16-19-17(22-20-16)13-8-5-9-13/h3-4,6-7,13H,2,5,8-9,11-12H2,1H3. The minimum absolute atomic E-state index is 0.468. The maximum Gasteiger partial charge on any atom is 0.229 e. The molecule has 3 rings (SSSR count). The van der Waals surface area contributed by atoms with Crippen molar-refractivity contribution in [2.24, 2.45) is 0 Å². The molecular weight excluding hydrogens is 276 g/mol. The quantitative estimate of drug-likeness (QED) is 0.818. The normalized spacial score (nSPS) is 14.8. The summed E-state index contributed by atoms with van der Waals surface area (Å²) in [5.41, 5.74) is 1.76. The summed E-state index contributed by atoms with van der Waals surface area (Å²) in [5, 5.41) is 13.3. The van der Waals surface area contributed by atoms with Gasteiger partial charge in [-0.15, -0.1) is 0 Å². The van der Waals surface area contributed by atoms with Crippen molar-refractivity contribution in [3.8, 4) is 6.07 Å². The van der Waals surface area contributed by atoms with Crippen LogP contribution in [0.5, 0.6) is 0 Å². The smallest absolute Gasteiger partial charge is 0.229 e. The van der Waals surface area contributed by atoms with E-state index < -0.39 is 0 Å². The molecule has 0 saturated heterocycles. The lowest BCUT2D eigenvalue weighted by Crippen LogP contribution is -2.23. The Bertz CT molecular complexity index is 669. The van der Waals surface area contributed by atoms with Crippen LogP contribution in [0.2, 0.25) is 0 Å². The SMILES string of the molecule is CCN(Cc1noc(C2CCC2)n1)Cc1ccccc1C#N.